The molecule has 2 aromatic carbocycles. The lowest BCUT2D eigenvalue weighted by molar-refractivity contribution is -0.166. The first-order valence-electron chi connectivity index (χ1n) is 18.4. The third-order valence-electron chi connectivity index (χ3n) is 9.74. The number of nitrogens with one attached hydrogen (secondary N) is 1. The van der Waals surface area contributed by atoms with Crippen molar-refractivity contribution in [2.75, 3.05) is 26.2 Å². The lowest BCUT2D eigenvalue weighted by Crippen LogP contribution is -2.30. The van der Waals surface area contributed by atoms with E-state index in [0.29, 0.717) is 31.0 Å². The predicted octanol–water partition coefficient (Wildman–Crippen LogP) is 9.52. The van der Waals surface area contributed by atoms with Crippen LogP contribution in [0.25, 0.3) is 0 Å². The fraction of sp³-hybridized carbons (Fsp3) is 0.632. The third kappa shape index (κ3) is 13.8. The van der Waals surface area contributed by atoms with Crippen LogP contribution in [0, 0.1) is 11.8 Å². The Balaban J connectivity index is 0.000000315. The maximum Gasteiger partial charge on any atom is 0.442 e. The number of halogens is 7. The molecular weight excluding hydrogens is 798 g/mol. The molecule has 4 N–H and O–H groups in total. The van der Waals surface area contributed by atoms with Gasteiger partial charge in [-0.05, 0) is 76.6 Å². The topological polar surface area (TPSA) is 154 Å². The molecule has 3 aliphatic rings. The van der Waals surface area contributed by atoms with Crippen LogP contribution in [0.1, 0.15) is 114 Å². The van der Waals surface area contributed by atoms with Gasteiger partial charge in [-0.25, -0.2) is 0 Å². The Labute approximate surface area is 328 Å². The molecule has 5 rings (SSSR count). The number of ether oxygens (including phenoxy) is 1. The normalized spacial score (nSPS) is 18.7. The first kappa shape index (κ1) is 48.0. The number of benzene rings is 2. The molecule has 0 saturated carbocycles. The smallest absolute Gasteiger partial charge is 0.387 e. The summed E-state index contributed by atoms with van der Waals surface area (Å²) in [5.41, 5.74) is 2.05. The molecule has 1 fully saturated rings. The number of Topliss-reactive ketones (excluding diaryl/α,β-unsaturated/α-hetero) is 2. The molecule has 2 aromatic rings. The number of nitrogens with two attached hydrogens (primary N) is 1. The summed E-state index contributed by atoms with van der Waals surface area (Å²) in [5, 5.41) is 25.9. The first-order valence-corrected chi connectivity index (χ1v) is 18.4. The number of hydrogen-bond donors (Lipinski definition) is 3. The molecule has 308 valence electrons. The van der Waals surface area contributed by atoms with Gasteiger partial charge < -0.3 is 20.9 Å². The van der Waals surface area contributed by atoms with E-state index in [1.807, 2.05) is 6.92 Å². The van der Waals surface area contributed by atoms with Gasteiger partial charge in [0.05, 0.1) is 12.7 Å². The standard InChI is InChI=1S/C19H26F3N3O2.C10H7F3N2O.C9H19NO.BrH/c1-3-14(13(2)26)6-4-5-11-23-12-17(27)15-7-9-16(10-8-15)18(24-25-18)19(20,21)22;11-10(12,13)9(14-15-9)7-3-1-6(2-4-7)8-5-16-8;1-3-9(8(2)11)6-4-5-7-10;/h7-10,14,17,23,27H,3-6,11-12H2,1-2H3;1-4,8H,5H2;9H,3-7,10H2,1-2H3;1H. The number of rotatable bonds is 19. The Hall–Kier alpha value is -3.12. The number of hydrogen-bond acceptors (Lipinski definition) is 10. The number of ketones is 2. The molecule has 0 radical (unpaired) electrons. The molecule has 4 atom stereocenters. The van der Waals surface area contributed by atoms with Gasteiger partial charge in [0.25, 0.3) is 0 Å². The van der Waals surface area contributed by atoms with Gasteiger partial charge in [-0.15, -0.1) is 37.4 Å². The van der Waals surface area contributed by atoms with Crippen molar-refractivity contribution in [3.63, 3.8) is 0 Å². The van der Waals surface area contributed by atoms with Gasteiger partial charge in [0, 0.05) is 29.5 Å². The van der Waals surface area contributed by atoms with Crippen molar-refractivity contribution in [3.8, 4) is 0 Å². The molecule has 17 heteroatoms. The second-order valence-electron chi connectivity index (χ2n) is 13.7. The molecule has 0 bridgehead atoms. The Morgan fingerprint density at radius 2 is 1.22 bits per heavy atom. The number of nitrogens with zero attached hydrogens (tertiary/aromatic N) is 4. The van der Waals surface area contributed by atoms with Gasteiger partial charge in [0.2, 0.25) is 0 Å². The van der Waals surface area contributed by atoms with Gasteiger partial charge in [-0.3, -0.25) is 9.59 Å². The maximum atomic E-state index is 13.0. The number of carbonyl (C=O) groups is 2. The highest BCUT2D eigenvalue weighted by molar-refractivity contribution is 8.93. The van der Waals surface area contributed by atoms with Crippen LogP contribution in [-0.2, 0) is 25.7 Å². The van der Waals surface area contributed by atoms with Gasteiger partial charge in [-0.1, -0.05) is 75.2 Å². The zero-order chi connectivity index (χ0) is 40.2. The summed E-state index contributed by atoms with van der Waals surface area (Å²) in [6.07, 6.45) is -2.09. The van der Waals surface area contributed by atoms with Crippen molar-refractivity contribution in [2.24, 2.45) is 38.0 Å². The van der Waals surface area contributed by atoms with E-state index in [0.717, 1.165) is 63.5 Å². The molecule has 0 amide bonds. The molecule has 55 heavy (non-hydrogen) atoms. The molecule has 1 saturated heterocycles. The molecular formula is C38H53BrF6N6O4. The number of aliphatic hydroxyl groups is 1. The highest BCUT2D eigenvalue weighted by Gasteiger charge is 2.66. The number of unbranched alkanes of at least 4 members (excludes halogenated alkanes) is 2. The average Bonchev–Trinajstić information content (AvgIpc) is 3.97. The van der Waals surface area contributed by atoms with E-state index >= 15 is 0 Å². The summed E-state index contributed by atoms with van der Waals surface area (Å²) in [4.78, 5) is 22.3. The Kier molecular flexibility index (Phi) is 18.7. The summed E-state index contributed by atoms with van der Waals surface area (Å²) < 4.78 is 81.8. The molecule has 0 aliphatic carbocycles. The second-order valence-corrected chi connectivity index (χ2v) is 13.7. The average molecular weight is 852 g/mol. The van der Waals surface area contributed by atoms with Crippen molar-refractivity contribution >= 4 is 28.5 Å². The third-order valence-corrected chi connectivity index (χ3v) is 9.74. The number of aliphatic hydroxyl groups excluding tert-OH is 1. The summed E-state index contributed by atoms with van der Waals surface area (Å²) in [7, 11) is 0. The van der Waals surface area contributed by atoms with Crippen molar-refractivity contribution in [1.29, 1.82) is 0 Å². The van der Waals surface area contributed by atoms with E-state index in [2.05, 4.69) is 32.7 Å². The van der Waals surface area contributed by atoms with Crippen molar-refractivity contribution < 1.29 is 45.8 Å². The van der Waals surface area contributed by atoms with Crippen LogP contribution < -0.4 is 11.1 Å². The summed E-state index contributed by atoms with van der Waals surface area (Å²) in [6.45, 7) is 9.77. The molecule has 3 aliphatic heterocycles. The second kappa shape index (κ2) is 21.4. The van der Waals surface area contributed by atoms with Crippen LogP contribution >= 0.6 is 17.0 Å². The molecule has 0 aromatic heterocycles. The van der Waals surface area contributed by atoms with Crippen molar-refractivity contribution in [1.82, 2.24) is 5.32 Å². The largest absolute Gasteiger partial charge is 0.442 e. The maximum absolute atomic E-state index is 13.0. The number of epoxide rings is 1. The fourth-order valence-electron chi connectivity index (χ4n) is 5.92. The SMILES string of the molecule is Br.CCC(CCCCN)C(C)=O.CCC(CCCCNCC(O)c1ccc(C2(C(F)(F)F)N=N2)cc1)C(C)=O.FC(F)(F)C1(c2ccc(C3CO3)cc2)N=N1. The van der Waals surface area contributed by atoms with Crippen molar-refractivity contribution in [2.45, 2.75) is 115 Å². The minimum atomic E-state index is -4.55. The lowest BCUT2D eigenvalue weighted by atomic mass is 9.95. The molecule has 3 heterocycles. The monoisotopic (exact) mass is 850 g/mol. The summed E-state index contributed by atoms with van der Waals surface area (Å²) in [5.74, 6) is 0.952. The summed E-state index contributed by atoms with van der Waals surface area (Å²) >= 11 is 0. The van der Waals surface area contributed by atoms with Crippen LogP contribution in [0.3, 0.4) is 0 Å². The van der Waals surface area contributed by atoms with Crippen molar-refractivity contribution in [3.05, 3.63) is 70.8 Å². The highest BCUT2D eigenvalue weighted by atomic mass is 79.9. The molecule has 0 spiro atoms. The Bertz CT molecular complexity index is 1540. The Morgan fingerprint density at radius 3 is 1.56 bits per heavy atom. The predicted molar refractivity (Wildman–Crippen MR) is 201 cm³/mol. The van der Waals surface area contributed by atoms with Crippen LogP contribution in [0.5, 0.6) is 0 Å². The molecule has 10 nitrogen and oxygen atoms in total. The summed E-state index contributed by atoms with van der Waals surface area (Å²) in [6, 6.07) is 11.6. The van der Waals surface area contributed by atoms with E-state index in [1.165, 1.54) is 36.4 Å². The van der Waals surface area contributed by atoms with Gasteiger partial charge in [-0.2, -0.15) is 26.3 Å². The van der Waals surface area contributed by atoms with E-state index < -0.39 is 29.8 Å². The van der Waals surface area contributed by atoms with E-state index in [4.69, 9.17) is 10.5 Å². The Morgan fingerprint density at radius 1 is 0.800 bits per heavy atom. The molecule has 4 unspecified atom stereocenters. The minimum absolute atomic E-state index is 0. The van der Waals surface area contributed by atoms with Gasteiger partial charge in [0.1, 0.15) is 17.7 Å². The first-order chi connectivity index (χ1) is 25.5. The minimum Gasteiger partial charge on any atom is -0.387 e. The van der Waals surface area contributed by atoms with Gasteiger partial charge >= 0.3 is 23.7 Å². The zero-order valence-electron chi connectivity index (χ0n) is 31.6. The van der Waals surface area contributed by atoms with E-state index in [-0.39, 0.29) is 51.8 Å². The van der Waals surface area contributed by atoms with E-state index in [1.54, 1.807) is 26.0 Å². The van der Waals surface area contributed by atoms with Crippen LogP contribution in [-0.4, -0.2) is 55.3 Å². The van der Waals surface area contributed by atoms with Crippen LogP contribution in [0.2, 0.25) is 0 Å². The van der Waals surface area contributed by atoms with Crippen LogP contribution in [0.4, 0.5) is 26.3 Å². The van der Waals surface area contributed by atoms with E-state index in [9.17, 15) is 41.0 Å². The quantitative estimate of drug-likeness (QED) is 0.0727. The fourth-order valence-corrected chi connectivity index (χ4v) is 5.92. The highest BCUT2D eigenvalue weighted by Crippen LogP contribution is 2.53. The number of alkyl halides is 6. The van der Waals surface area contributed by atoms with Crippen LogP contribution in [0.15, 0.2) is 69.0 Å². The lowest BCUT2D eigenvalue weighted by Gasteiger charge is -2.17. The van der Waals surface area contributed by atoms with Gasteiger partial charge in [0.15, 0.2) is 0 Å². The zero-order valence-corrected chi connectivity index (χ0v) is 33.3. The number of carbonyl (C=O) groups excluding carboxylic acids is 2.